The first-order chi connectivity index (χ1) is 15.9. The molecule has 0 aliphatic heterocycles. The van der Waals surface area contributed by atoms with Gasteiger partial charge in [-0.3, -0.25) is 4.79 Å². The van der Waals surface area contributed by atoms with E-state index in [4.69, 9.17) is 4.42 Å². The van der Waals surface area contributed by atoms with E-state index < -0.39 is 11.8 Å². The lowest BCUT2D eigenvalue weighted by atomic mass is 10.1. The van der Waals surface area contributed by atoms with E-state index in [1.807, 2.05) is 49.4 Å². The fourth-order valence-electron chi connectivity index (χ4n) is 3.37. The van der Waals surface area contributed by atoms with Crippen molar-refractivity contribution in [2.45, 2.75) is 19.9 Å². The molecular weight excluding hydrogens is 421 g/mol. The summed E-state index contributed by atoms with van der Waals surface area (Å²) >= 11 is 0. The number of furan rings is 1. The number of nitrogens with one attached hydrogen (secondary N) is 1. The third-order valence-corrected chi connectivity index (χ3v) is 5.05. The monoisotopic (exact) mass is 449 g/mol. The zero-order valence-electron chi connectivity index (χ0n) is 18.7. The van der Waals surface area contributed by atoms with Crippen LogP contribution in [-0.2, 0) is 17.8 Å². The van der Waals surface area contributed by atoms with E-state index in [9.17, 15) is 14.0 Å². The van der Waals surface area contributed by atoms with Gasteiger partial charge in [-0.1, -0.05) is 42.5 Å². The summed E-state index contributed by atoms with van der Waals surface area (Å²) in [6.07, 6.45) is 2.21. The first kappa shape index (κ1) is 23.8. The fraction of sp³-hybridized carbons (Fsp3) is 0.231. The van der Waals surface area contributed by atoms with Gasteiger partial charge in [0.1, 0.15) is 23.9 Å². The third kappa shape index (κ3) is 7.35. The Kier molecular flexibility index (Phi) is 8.41. The highest BCUT2D eigenvalue weighted by atomic mass is 19.1. The van der Waals surface area contributed by atoms with Crippen molar-refractivity contribution in [2.24, 2.45) is 0 Å². The van der Waals surface area contributed by atoms with Crippen molar-refractivity contribution in [1.29, 1.82) is 0 Å². The second-order valence-electron chi connectivity index (χ2n) is 7.67. The molecule has 3 rings (SSSR count). The van der Waals surface area contributed by atoms with Crippen LogP contribution in [0.15, 0.2) is 83.8 Å². The molecule has 33 heavy (non-hydrogen) atoms. The summed E-state index contributed by atoms with van der Waals surface area (Å²) in [7, 11) is 0. The molecule has 3 amide bonds. The number of carbonyl (C=O) groups excluding carboxylic acids is 2. The Bertz CT molecular complexity index is 1080. The first-order valence-electron chi connectivity index (χ1n) is 10.7. The van der Waals surface area contributed by atoms with Crippen LogP contribution in [0.25, 0.3) is 0 Å². The zero-order valence-corrected chi connectivity index (χ0v) is 18.7. The fourth-order valence-corrected chi connectivity index (χ4v) is 3.37. The third-order valence-electron chi connectivity index (χ3n) is 5.05. The summed E-state index contributed by atoms with van der Waals surface area (Å²) in [5.41, 5.74) is 1.42. The summed E-state index contributed by atoms with van der Waals surface area (Å²) in [6.45, 7) is 6.31. The second-order valence-corrected chi connectivity index (χ2v) is 7.67. The highest BCUT2D eigenvalue weighted by molar-refractivity contribution is 5.92. The Morgan fingerprint density at radius 1 is 1.06 bits per heavy atom. The Morgan fingerprint density at radius 3 is 2.52 bits per heavy atom. The highest BCUT2D eigenvalue weighted by Crippen LogP contribution is 2.13. The number of amides is 3. The minimum Gasteiger partial charge on any atom is -0.464 e. The molecule has 0 aliphatic carbocycles. The Balaban J connectivity index is 1.70. The van der Waals surface area contributed by atoms with Crippen LogP contribution in [0.1, 0.15) is 17.1 Å². The summed E-state index contributed by atoms with van der Waals surface area (Å²) in [6, 6.07) is 18.7. The van der Waals surface area contributed by atoms with Crippen molar-refractivity contribution in [3.8, 4) is 0 Å². The Labute approximate surface area is 193 Å². The average molecular weight is 450 g/mol. The van der Waals surface area contributed by atoms with E-state index in [1.54, 1.807) is 17.0 Å². The van der Waals surface area contributed by atoms with Crippen molar-refractivity contribution in [2.75, 3.05) is 25.0 Å². The molecule has 1 aromatic heterocycles. The summed E-state index contributed by atoms with van der Waals surface area (Å²) in [4.78, 5) is 29.0. The molecule has 1 N–H and O–H groups in total. The average Bonchev–Trinajstić information content (AvgIpc) is 3.21. The smallest absolute Gasteiger partial charge is 0.322 e. The van der Waals surface area contributed by atoms with Crippen LogP contribution in [0.4, 0.5) is 14.9 Å². The van der Waals surface area contributed by atoms with Gasteiger partial charge in [0.05, 0.1) is 6.54 Å². The van der Waals surface area contributed by atoms with Gasteiger partial charge in [0.2, 0.25) is 5.91 Å². The largest absolute Gasteiger partial charge is 0.464 e. The van der Waals surface area contributed by atoms with Gasteiger partial charge in [0.15, 0.2) is 0 Å². The van der Waals surface area contributed by atoms with Crippen LogP contribution in [0, 0.1) is 12.7 Å². The van der Waals surface area contributed by atoms with Crippen molar-refractivity contribution in [3.63, 3.8) is 0 Å². The maximum absolute atomic E-state index is 13.5. The van der Waals surface area contributed by atoms with E-state index in [2.05, 4.69) is 11.9 Å². The molecule has 6 nitrogen and oxygen atoms in total. The Morgan fingerprint density at radius 2 is 1.85 bits per heavy atom. The molecule has 1 heterocycles. The molecule has 2 aromatic carbocycles. The molecule has 0 aliphatic rings. The minimum absolute atomic E-state index is 0.151. The van der Waals surface area contributed by atoms with Crippen LogP contribution >= 0.6 is 0 Å². The van der Waals surface area contributed by atoms with Crippen LogP contribution in [0.5, 0.6) is 0 Å². The van der Waals surface area contributed by atoms with Gasteiger partial charge in [-0.25, -0.2) is 9.18 Å². The van der Waals surface area contributed by atoms with Crippen LogP contribution < -0.4 is 5.32 Å². The number of hydrogen-bond acceptors (Lipinski definition) is 3. The van der Waals surface area contributed by atoms with Gasteiger partial charge >= 0.3 is 6.03 Å². The van der Waals surface area contributed by atoms with Crippen LogP contribution in [-0.4, -0.2) is 41.4 Å². The quantitative estimate of drug-likeness (QED) is 0.442. The molecule has 0 spiro atoms. The normalized spacial score (nSPS) is 10.5. The van der Waals surface area contributed by atoms with Crippen LogP contribution in [0.2, 0.25) is 0 Å². The Hall–Kier alpha value is -3.87. The number of anilines is 1. The molecule has 7 heteroatoms. The molecule has 0 unspecified atom stereocenters. The van der Waals surface area contributed by atoms with E-state index in [-0.39, 0.29) is 19.0 Å². The molecule has 0 atom stereocenters. The SMILES string of the molecule is C=CCN(CC(=O)N(CCc1ccccc1)Cc1ccc(C)o1)C(=O)Nc1cccc(F)c1. The lowest BCUT2D eigenvalue weighted by molar-refractivity contribution is -0.132. The highest BCUT2D eigenvalue weighted by Gasteiger charge is 2.22. The van der Waals surface area contributed by atoms with E-state index in [0.717, 1.165) is 11.3 Å². The molecule has 0 bridgehead atoms. The number of carbonyl (C=O) groups is 2. The zero-order chi connectivity index (χ0) is 23.6. The van der Waals surface area contributed by atoms with Gasteiger partial charge < -0.3 is 19.5 Å². The number of hydrogen-bond donors (Lipinski definition) is 1. The second kappa shape index (κ2) is 11.7. The summed E-state index contributed by atoms with van der Waals surface area (Å²) in [5, 5.41) is 2.63. The molecule has 172 valence electrons. The van der Waals surface area contributed by atoms with E-state index >= 15 is 0 Å². The number of nitrogens with zero attached hydrogens (tertiary/aromatic N) is 2. The first-order valence-corrected chi connectivity index (χ1v) is 10.7. The molecule has 0 fully saturated rings. The standard InChI is InChI=1S/C26H28FN3O3/c1-3-15-30(26(32)28-23-11-7-10-22(27)17-23)19-25(31)29(18-24-13-12-20(2)33-24)16-14-21-8-5-4-6-9-21/h3-13,17H,1,14-16,18-19H2,2H3,(H,28,32). The topological polar surface area (TPSA) is 65.8 Å². The number of aryl methyl sites for hydroxylation is 1. The van der Waals surface area contributed by atoms with Crippen molar-refractivity contribution in [3.05, 3.63) is 102 Å². The molecule has 0 saturated heterocycles. The van der Waals surface area contributed by atoms with Gasteiger partial charge in [-0.15, -0.1) is 6.58 Å². The summed E-state index contributed by atoms with van der Waals surface area (Å²) in [5.74, 6) is 0.757. The molecule has 3 aromatic rings. The maximum Gasteiger partial charge on any atom is 0.322 e. The van der Waals surface area contributed by atoms with E-state index in [1.165, 1.54) is 23.1 Å². The minimum atomic E-state index is -0.509. The predicted octanol–water partition coefficient (Wildman–Crippen LogP) is 5.02. The van der Waals surface area contributed by atoms with Gasteiger partial charge in [-0.2, -0.15) is 0 Å². The number of urea groups is 1. The molecular formula is C26H28FN3O3. The predicted molar refractivity (Wildman–Crippen MR) is 126 cm³/mol. The number of halogens is 1. The van der Waals surface area contributed by atoms with Gasteiger partial charge in [0, 0.05) is 18.8 Å². The van der Waals surface area contributed by atoms with Crippen molar-refractivity contribution < 1.29 is 18.4 Å². The van der Waals surface area contributed by atoms with Crippen LogP contribution in [0.3, 0.4) is 0 Å². The summed E-state index contributed by atoms with van der Waals surface area (Å²) < 4.78 is 19.1. The van der Waals surface area contributed by atoms with Gasteiger partial charge in [0.25, 0.3) is 0 Å². The maximum atomic E-state index is 13.5. The van der Waals surface area contributed by atoms with E-state index in [0.29, 0.717) is 31.0 Å². The van der Waals surface area contributed by atoms with Crippen molar-refractivity contribution in [1.82, 2.24) is 9.80 Å². The number of benzene rings is 2. The van der Waals surface area contributed by atoms with Crippen molar-refractivity contribution >= 4 is 17.6 Å². The number of rotatable bonds is 10. The molecule has 0 saturated carbocycles. The van der Waals surface area contributed by atoms with Gasteiger partial charge in [-0.05, 0) is 49.2 Å². The lowest BCUT2D eigenvalue weighted by Gasteiger charge is -2.27. The lowest BCUT2D eigenvalue weighted by Crippen LogP contribution is -2.44. The molecule has 0 radical (unpaired) electrons.